The van der Waals surface area contributed by atoms with Gasteiger partial charge in [0.05, 0.1) is 0 Å². The van der Waals surface area contributed by atoms with E-state index in [9.17, 15) is 9.59 Å². The van der Waals surface area contributed by atoms with Crippen LogP contribution in [-0.4, -0.2) is 47.9 Å². The summed E-state index contributed by atoms with van der Waals surface area (Å²) in [5.41, 5.74) is 1.94. The zero-order chi connectivity index (χ0) is 17.8. The maximum Gasteiger partial charge on any atom is 0.274 e. The second-order valence-electron chi connectivity index (χ2n) is 5.85. The first kappa shape index (κ1) is 17.2. The third-order valence-corrected chi connectivity index (χ3v) is 4.42. The van der Waals surface area contributed by atoms with E-state index in [0.29, 0.717) is 29.5 Å². The summed E-state index contributed by atoms with van der Waals surface area (Å²) >= 11 is 5.85. The molecule has 1 aromatic heterocycles. The van der Waals surface area contributed by atoms with Gasteiger partial charge in [0.1, 0.15) is 5.69 Å². The van der Waals surface area contributed by atoms with Gasteiger partial charge < -0.3 is 15.1 Å². The molecule has 2 heterocycles. The first-order valence-corrected chi connectivity index (χ1v) is 8.44. The van der Waals surface area contributed by atoms with Gasteiger partial charge in [-0.2, -0.15) is 0 Å². The molecule has 1 N–H and O–H groups in total. The number of halogens is 1. The van der Waals surface area contributed by atoms with Crippen molar-refractivity contribution in [1.29, 1.82) is 0 Å². The van der Waals surface area contributed by atoms with Gasteiger partial charge in [-0.05, 0) is 36.4 Å². The maximum absolute atomic E-state index is 12.4. The van der Waals surface area contributed by atoms with Crippen LogP contribution in [0.5, 0.6) is 0 Å². The van der Waals surface area contributed by atoms with E-state index >= 15 is 0 Å². The van der Waals surface area contributed by atoms with Crippen molar-refractivity contribution in [3.05, 3.63) is 53.3 Å². The van der Waals surface area contributed by atoms with Crippen molar-refractivity contribution in [3.8, 4) is 0 Å². The minimum atomic E-state index is -0.272. The number of amides is 2. The molecule has 2 aromatic rings. The summed E-state index contributed by atoms with van der Waals surface area (Å²) in [6.45, 7) is 4.43. The number of benzene rings is 1. The summed E-state index contributed by atoms with van der Waals surface area (Å²) in [5, 5.41) is 3.42. The predicted molar refractivity (Wildman–Crippen MR) is 98.1 cm³/mol. The van der Waals surface area contributed by atoms with Gasteiger partial charge in [0, 0.05) is 55.7 Å². The van der Waals surface area contributed by atoms with Crippen LogP contribution < -0.4 is 10.2 Å². The van der Waals surface area contributed by atoms with Crippen molar-refractivity contribution < 1.29 is 9.59 Å². The maximum atomic E-state index is 12.4. The number of rotatable bonds is 3. The Bertz CT molecular complexity index is 771. The van der Waals surface area contributed by atoms with Crippen molar-refractivity contribution in [3.63, 3.8) is 0 Å². The molecule has 1 fully saturated rings. The lowest BCUT2D eigenvalue weighted by molar-refractivity contribution is -0.129. The molecule has 3 rings (SSSR count). The van der Waals surface area contributed by atoms with Gasteiger partial charge >= 0.3 is 0 Å². The lowest BCUT2D eigenvalue weighted by Gasteiger charge is -2.35. The Morgan fingerprint density at radius 2 is 1.76 bits per heavy atom. The fraction of sp³-hybridized carbons (Fsp3) is 0.278. The number of hydrogen-bond acceptors (Lipinski definition) is 4. The van der Waals surface area contributed by atoms with Crippen molar-refractivity contribution in [1.82, 2.24) is 9.88 Å². The highest BCUT2D eigenvalue weighted by molar-refractivity contribution is 6.30. The van der Waals surface area contributed by atoms with Crippen molar-refractivity contribution >= 4 is 34.8 Å². The van der Waals surface area contributed by atoms with E-state index < -0.39 is 0 Å². The van der Waals surface area contributed by atoms with E-state index in [0.717, 1.165) is 18.8 Å². The molecular formula is C18H19ClN4O2. The molecule has 25 heavy (non-hydrogen) atoms. The van der Waals surface area contributed by atoms with E-state index in [2.05, 4.69) is 15.2 Å². The van der Waals surface area contributed by atoms with E-state index in [1.54, 1.807) is 43.5 Å². The van der Waals surface area contributed by atoms with Gasteiger partial charge in [0.25, 0.3) is 5.91 Å². The van der Waals surface area contributed by atoms with Crippen LogP contribution in [-0.2, 0) is 4.79 Å². The standard InChI is InChI=1S/C18H19ClN4O2/c1-13(24)22-8-10-23(11-9-22)16-6-7-20-17(12-16)18(25)21-15-4-2-14(19)3-5-15/h2-7,12H,8-11H2,1H3,(H,21,25). The zero-order valence-electron chi connectivity index (χ0n) is 13.9. The van der Waals surface area contributed by atoms with Gasteiger partial charge in [0.15, 0.2) is 0 Å². The van der Waals surface area contributed by atoms with Crippen LogP contribution in [0, 0.1) is 0 Å². The number of nitrogens with one attached hydrogen (secondary N) is 1. The lowest BCUT2D eigenvalue weighted by Crippen LogP contribution is -2.48. The fourth-order valence-corrected chi connectivity index (χ4v) is 2.87. The Hall–Kier alpha value is -2.60. The van der Waals surface area contributed by atoms with Crippen LogP contribution in [0.1, 0.15) is 17.4 Å². The van der Waals surface area contributed by atoms with Crippen LogP contribution in [0.15, 0.2) is 42.6 Å². The summed E-state index contributed by atoms with van der Waals surface area (Å²) in [7, 11) is 0. The summed E-state index contributed by atoms with van der Waals surface area (Å²) < 4.78 is 0. The van der Waals surface area contributed by atoms with Crippen LogP contribution >= 0.6 is 11.6 Å². The Labute approximate surface area is 151 Å². The summed E-state index contributed by atoms with van der Waals surface area (Å²) in [4.78, 5) is 32.0. The van der Waals surface area contributed by atoms with Crippen molar-refractivity contribution in [2.24, 2.45) is 0 Å². The molecule has 1 aromatic carbocycles. The molecule has 1 aliphatic heterocycles. The minimum absolute atomic E-state index is 0.0948. The van der Waals surface area contributed by atoms with E-state index in [1.807, 2.05) is 11.0 Å². The molecule has 0 atom stereocenters. The van der Waals surface area contributed by atoms with E-state index in [-0.39, 0.29) is 11.8 Å². The Balaban J connectivity index is 1.68. The first-order chi connectivity index (χ1) is 12.0. The second-order valence-corrected chi connectivity index (χ2v) is 6.29. The number of carbonyl (C=O) groups is 2. The molecule has 130 valence electrons. The Morgan fingerprint density at radius 3 is 2.40 bits per heavy atom. The smallest absolute Gasteiger partial charge is 0.274 e. The van der Waals surface area contributed by atoms with E-state index in [4.69, 9.17) is 11.6 Å². The Morgan fingerprint density at radius 1 is 1.08 bits per heavy atom. The summed E-state index contributed by atoms with van der Waals surface area (Å²) in [6.07, 6.45) is 1.63. The number of carbonyl (C=O) groups excluding carboxylic acids is 2. The number of piperazine rings is 1. The molecule has 0 aliphatic carbocycles. The highest BCUT2D eigenvalue weighted by atomic mass is 35.5. The number of pyridine rings is 1. The second kappa shape index (κ2) is 7.53. The molecule has 0 saturated carbocycles. The molecule has 0 unspecified atom stereocenters. The zero-order valence-corrected chi connectivity index (χ0v) is 14.7. The fourth-order valence-electron chi connectivity index (χ4n) is 2.75. The highest BCUT2D eigenvalue weighted by Gasteiger charge is 2.19. The molecule has 1 saturated heterocycles. The van der Waals surface area contributed by atoms with Crippen LogP contribution in [0.2, 0.25) is 5.02 Å². The number of anilines is 2. The molecule has 0 bridgehead atoms. The average molecular weight is 359 g/mol. The quantitative estimate of drug-likeness (QED) is 0.916. The average Bonchev–Trinajstić information content (AvgIpc) is 2.64. The van der Waals surface area contributed by atoms with Gasteiger partial charge in [-0.1, -0.05) is 11.6 Å². The topological polar surface area (TPSA) is 65.5 Å². The minimum Gasteiger partial charge on any atom is -0.368 e. The van der Waals surface area contributed by atoms with Gasteiger partial charge in [0.2, 0.25) is 5.91 Å². The van der Waals surface area contributed by atoms with Gasteiger partial charge in [-0.15, -0.1) is 0 Å². The van der Waals surface area contributed by atoms with Gasteiger partial charge in [-0.3, -0.25) is 14.6 Å². The molecule has 1 aliphatic rings. The summed E-state index contributed by atoms with van der Waals surface area (Å²) in [6, 6.07) is 10.6. The number of aromatic nitrogens is 1. The largest absolute Gasteiger partial charge is 0.368 e. The first-order valence-electron chi connectivity index (χ1n) is 8.06. The highest BCUT2D eigenvalue weighted by Crippen LogP contribution is 2.18. The molecule has 7 heteroatoms. The van der Waals surface area contributed by atoms with Crippen molar-refractivity contribution in [2.75, 3.05) is 36.4 Å². The third-order valence-electron chi connectivity index (χ3n) is 4.17. The SMILES string of the molecule is CC(=O)N1CCN(c2ccnc(C(=O)Nc3ccc(Cl)cc3)c2)CC1. The molecule has 2 amide bonds. The number of nitrogens with zero attached hydrogens (tertiary/aromatic N) is 3. The third kappa shape index (κ3) is 4.28. The normalized spacial score (nSPS) is 14.3. The van der Waals surface area contributed by atoms with E-state index in [1.165, 1.54) is 0 Å². The molecule has 0 radical (unpaired) electrons. The summed E-state index contributed by atoms with van der Waals surface area (Å²) in [5.74, 6) is -0.177. The number of hydrogen-bond donors (Lipinski definition) is 1. The molecular weight excluding hydrogens is 340 g/mol. The van der Waals surface area contributed by atoms with Gasteiger partial charge in [-0.25, -0.2) is 0 Å². The predicted octanol–water partition coefficient (Wildman–Crippen LogP) is 2.66. The van der Waals surface area contributed by atoms with Crippen LogP contribution in [0.4, 0.5) is 11.4 Å². The Kier molecular flexibility index (Phi) is 5.19. The van der Waals surface area contributed by atoms with Crippen molar-refractivity contribution in [2.45, 2.75) is 6.92 Å². The lowest BCUT2D eigenvalue weighted by atomic mass is 10.2. The van der Waals surface area contributed by atoms with Crippen LogP contribution in [0.25, 0.3) is 0 Å². The molecule has 0 spiro atoms. The molecule has 6 nitrogen and oxygen atoms in total. The monoisotopic (exact) mass is 358 g/mol. The van der Waals surface area contributed by atoms with Crippen LogP contribution in [0.3, 0.4) is 0 Å².